The number of carbonyl (C=O) groups excluding carboxylic acids is 1. The van der Waals surface area contributed by atoms with E-state index in [1.165, 1.54) is 0 Å². The maximum Gasteiger partial charge on any atom is 0.308 e. The van der Waals surface area contributed by atoms with Crippen molar-refractivity contribution in [2.45, 2.75) is 70.2 Å². The van der Waals surface area contributed by atoms with Crippen molar-refractivity contribution >= 4 is 11.9 Å². The van der Waals surface area contributed by atoms with Gasteiger partial charge in [0.2, 0.25) is 0 Å². The highest BCUT2D eigenvalue weighted by atomic mass is 16.5. The molecule has 0 aliphatic heterocycles. The Morgan fingerprint density at radius 3 is 2.08 bits per heavy atom. The van der Waals surface area contributed by atoms with Gasteiger partial charge in [0.05, 0.1) is 46.2 Å². The van der Waals surface area contributed by atoms with E-state index >= 15 is 0 Å². The van der Waals surface area contributed by atoms with Crippen LogP contribution in [0.4, 0.5) is 0 Å². The standard InChI is InChI=1S/C17H33NO6/c1-13(19)8-6-5-7-9-14(20)10-17(23)24-15(11-16(21)22)12-18(2,3)4/h13-15,19-20H,5-12H2,1-4H3/p+1. The van der Waals surface area contributed by atoms with Gasteiger partial charge in [-0.05, 0) is 19.8 Å². The van der Waals surface area contributed by atoms with Crippen LogP contribution in [0, 0.1) is 0 Å². The van der Waals surface area contributed by atoms with Gasteiger partial charge in [0.25, 0.3) is 0 Å². The zero-order valence-corrected chi connectivity index (χ0v) is 15.4. The molecular formula is C17H34NO6+. The fourth-order valence-electron chi connectivity index (χ4n) is 2.47. The highest BCUT2D eigenvalue weighted by molar-refractivity contribution is 5.71. The molecule has 0 aromatic heterocycles. The van der Waals surface area contributed by atoms with E-state index in [1.807, 2.05) is 21.1 Å². The predicted molar refractivity (Wildman–Crippen MR) is 90.4 cm³/mol. The fraction of sp³-hybridized carbons (Fsp3) is 0.882. The van der Waals surface area contributed by atoms with Gasteiger partial charge in [-0.15, -0.1) is 0 Å². The van der Waals surface area contributed by atoms with E-state index in [4.69, 9.17) is 14.9 Å². The van der Waals surface area contributed by atoms with Gasteiger partial charge in [-0.25, -0.2) is 0 Å². The number of carboxylic acid groups (broad SMARTS) is 1. The summed E-state index contributed by atoms with van der Waals surface area (Å²) in [6.07, 6.45) is 1.63. The van der Waals surface area contributed by atoms with E-state index in [9.17, 15) is 14.7 Å². The number of quaternary nitrogens is 1. The lowest BCUT2D eigenvalue weighted by molar-refractivity contribution is -0.873. The van der Waals surface area contributed by atoms with Crippen molar-refractivity contribution in [3.63, 3.8) is 0 Å². The first-order valence-corrected chi connectivity index (χ1v) is 8.57. The van der Waals surface area contributed by atoms with Crippen LogP contribution < -0.4 is 0 Å². The number of hydrogen-bond donors (Lipinski definition) is 3. The van der Waals surface area contributed by atoms with Crippen molar-refractivity contribution in [2.24, 2.45) is 0 Å². The number of carbonyl (C=O) groups is 2. The van der Waals surface area contributed by atoms with Crippen molar-refractivity contribution in [1.82, 2.24) is 0 Å². The molecule has 3 atom stereocenters. The van der Waals surface area contributed by atoms with Crippen molar-refractivity contribution in [2.75, 3.05) is 27.7 Å². The van der Waals surface area contributed by atoms with Gasteiger partial charge in [-0.2, -0.15) is 0 Å². The maximum atomic E-state index is 11.9. The van der Waals surface area contributed by atoms with Crippen LogP contribution >= 0.6 is 0 Å². The first-order valence-electron chi connectivity index (χ1n) is 8.57. The summed E-state index contributed by atoms with van der Waals surface area (Å²) < 4.78 is 5.72. The topological polar surface area (TPSA) is 104 Å². The van der Waals surface area contributed by atoms with Crippen LogP contribution in [0.3, 0.4) is 0 Å². The van der Waals surface area contributed by atoms with Crippen LogP contribution in [0.5, 0.6) is 0 Å². The third kappa shape index (κ3) is 14.4. The van der Waals surface area contributed by atoms with E-state index in [2.05, 4.69) is 0 Å². The normalized spacial score (nSPS) is 15.6. The molecule has 0 saturated heterocycles. The molecule has 0 aliphatic rings. The highest BCUT2D eigenvalue weighted by Gasteiger charge is 2.25. The van der Waals surface area contributed by atoms with Gasteiger partial charge in [0.15, 0.2) is 6.10 Å². The second-order valence-electron chi connectivity index (χ2n) is 7.53. The van der Waals surface area contributed by atoms with Gasteiger partial charge in [-0.3, -0.25) is 9.59 Å². The van der Waals surface area contributed by atoms with Crippen LogP contribution in [0.15, 0.2) is 0 Å². The molecule has 0 radical (unpaired) electrons. The molecule has 3 unspecified atom stereocenters. The largest absolute Gasteiger partial charge is 0.481 e. The Bertz CT molecular complexity index is 378. The molecule has 0 aromatic rings. The van der Waals surface area contributed by atoms with Gasteiger partial charge in [0.1, 0.15) is 6.54 Å². The van der Waals surface area contributed by atoms with E-state index in [1.54, 1.807) is 6.92 Å². The van der Waals surface area contributed by atoms with E-state index in [0.717, 1.165) is 25.7 Å². The first-order chi connectivity index (χ1) is 11.0. The third-order valence-corrected chi connectivity index (χ3v) is 3.51. The number of esters is 1. The smallest absolute Gasteiger partial charge is 0.308 e. The summed E-state index contributed by atoms with van der Waals surface area (Å²) in [6.45, 7) is 2.14. The molecule has 0 aromatic carbocycles. The van der Waals surface area contributed by atoms with Crippen LogP contribution in [0.1, 0.15) is 51.9 Å². The molecule has 0 spiro atoms. The van der Waals surface area contributed by atoms with Gasteiger partial charge < -0.3 is 24.5 Å². The number of nitrogens with zero attached hydrogens (tertiary/aromatic N) is 1. The van der Waals surface area contributed by atoms with E-state index < -0.39 is 24.1 Å². The molecule has 142 valence electrons. The zero-order chi connectivity index (χ0) is 18.8. The summed E-state index contributed by atoms with van der Waals surface area (Å²) in [5, 5.41) is 28.0. The summed E-state index contributed by atoms with van der Waals surface area (Å²) in [7, 11) is 5.68. The number of likely N-dealkylation sites (N-methyl/N-ethyl adjacent to an activating group) is 1. The van der Waals surface area contributed by atoms with Crippen LogP contribution in [0.25, 0.3) is 0 Å². The van der Waals surface area contributed by atoms with Gasteiger partial charge >= 0.3 is 11.9 Å². The zero-order valence-electron chi connectivity index (χ0n) is 15.4. The molecular weight excluding hydrogens is 314 g/mol. The summed E-state index contributed by atoms with van der Waals surface area (Å²) >= 11 is 0. The Balaban J connectivity index is 4.15. The van der Waals surface area contributed by atoms with Crippen molar-refractivity contribution in [3.05, 3.63) is 0 Å². The minimum absolute atomic E-state index is 0.121. The molecule has 3 N–H and O–H groups in total. The number of aliphatic hydroxyl groups is 2. The number of carboxylic acids is 1. The second kappa shape index (κ2) is 11.4. The van der Waals surface area contributed by atoms with Crippen LogP contribution in [-0.2, 0) is 14.3 Å². The summed E-state index contributed by atoms with van der Waals surface area (Å²) in [6, 6.07) is 0. The third-order valence-electron chi connectivity index (χ3n) is 3.51. The number of aliphatic hydroxyl groups excluding tert-OH is 2. The van der Waals surface area contributed by atoms with Crippen molar-refractivity contribution in [1.29, 1.82) is 0 Å². The second-order valence-corrected chi connectivity index (χ2v) is 7.53. The average molecular weight is 348 g/mol. The lowest BCUT2D eigenvalue weighted by Crippen LogP contribution is -2.44. The van der Waals surface area contributed by atoms with Crippen LogP contribution in [-0.4, -0.2) is 77.7 Å². The quantitative estimate of drug-likeness (QED) is 0.262. The lowest BCUT2D eigenvalue weighted by Gasteiger charge is -2.28. The number of unbranched alkanes of at least 4 members (excludes halogenated alkanes) is 2. The number of rotatable bonds is 13. The number of ether oxygens (including phenoxy) is 1. The SMILES string of the molecule is CC(O)CCCCCC(O)CC(=O)OC(CC(=O)O)C[N+](C)(C)C. The molecule has 0 bridgehead atoms. The highest BCUT2D eigenvalue weighted by Crippen LogP contribution is 2.12. The minimum atomic E-state index is -1.01. The molecule has 0 fully saturated rings. The number of hydrogen-bond acceptors (Lipinski definition) is 5. The summed E-state index contributed by atoms with van der Waals surface area (Å²) in [5.41, 5.74) is 0. The van der Waals surface area contributed by atoms with Crippen molar-refractivity contribution in [3.8, 4) is 0 Å². The predicted octanol–water partition coefficient (Wildman–Crippen LogP) is 1.16. The average Bonchev–Trinajstić information content (AvgIpc) is 2.34. The molecule has 0 heterocycles. The summed E-state index contributed by atoms with van der Waals surface area (Å²) in [4.78, 5) is 22.8. The summed E-state index contributed by atoms with van der Waals surface area (Å²) in [5.74, 6) is -1.58. The molecule has 0 saturated carbocycles. The van der Waals surface area contributed by atoms with Crippen molar-refractivity contribution < 1.29 is 34.1 Å². The van der Waals surface area contributed by atoms with Gasteiger partial charge in [-0.1, -0.05) is 19.3 Å². The Morgan fingerprint density at radius 1 is 1.00 bits per heavy atom. The fourth-order valence-corrected chi connectivity index (χ4v) is 2.47. The molecule has 7 nitrogen and oxygen atoms in total. The Kier molecular flexibility index (Phi) is 10.8. The number of aliphatic carboxylic acids is 1. The molecule has 24 heavy (non-hydrogen) atoms. The first kappa shape index (κ1) is 22.8. The molecule has 7 heteroatoms. The van der Waals surface area contributed by atoms with E-state index in [0.29, 0.717) is 17.4 Å². The maximum absolute atomic E-state index is 11.9. The molecule has 0 amide bonds. The molecule has 0 aliphatic carbocycles. The minimum Gasteiger partial charge on any atom is -0.481 e. The molecule has 0 rings (SSSR count). The van der Waals surface area contributed by atoms with E-state index in [-0.39, 0.29) is 18.9 Å². The Morgan fingerprint density at radius 2 is 1.58 bits per heavy atom. The lowest BCUT2D eigenvalue weighted by atomic mass is 10.1. The monoisotopic (exact) mass is 348 g/mol. The van der Waals surface area contributed by atoms with Gasteiger partial charge in [0, 0.05) is 0 Å². The Labute approximate surface area is 144 Å². The Hall–Kier alpha value is -1.18. The van der Waals surface area contributed by atoms with Crippen LogP contribution in [0.2, 0.25) is 0 Å².